The number of rotatable bonds is 4. The second-order valence-corrected chi connectivity index (χ2v) is 4.24. The first-order valence-corrected chi connectivity index (χ1v) is 5.95. The van der Waals surface area contributed by atoms with Gasteiger partial charge in [0.2, 0.25) is 0 Å². The van der Waals surface area contributed by atoms with Gasteiger partial charge in [0.05, 0.1) is 11.3 Å². The summed E-state index contributed by atoms with van der Waals surface area (Å²) in [6.45, 7) is 2.49. The van der Waals surface area contributed by atoms with Crippen LogP contribution >= 0.6 is 0 Å². The maximum Gasteiger partial charge on any atom is 0.255 e. The molecule has 0 bridgehead atoms. The Hall–Kier alpha value is -2.40. The highest BCUT2D eigenvalue weighted by molar-refractivity contribution is 5.99. The lowest BCUT2D eigenvalue weighted by Gasteiger charge is -2.09. The summed E-state index contributed by atoms with van der Waals surface area (Å²) in [4.78, 5) is 16.0. The Morgan fingerprint density at radius 2 is 2.21 bits per heavy atom. The van der Waals surface area contributed by atoms with E-state index in [0.717, 1.165) is 11.1 Å². The van der Waals surface area contributed by atoms with Gasteiger partial charge in [-0.15, -0.1) is 0 Å². The number of benzene rings is 1. The Morgan fingerprint density at radius 1 is 1.37 bits per heavy atom. The predicted octanol–water partition coefficient (Wildman–Crippen LogP) is 1.61. The second-order valence-electron chi connectivity index (χ2n) is 4.24. The molecule has 5 nitrogen and oxygen atoms in total. The molecule has 5 heteroatoms. The number of aromatic nitrogens is 1. The number of aryl methyl sites for hydroxylation is 1. The number of nitrogens with zero attached hydrogens (tertiary/aromatic N) is 1. The van der Waals surface area contributed by atoms with E-state index in [1.807, 2.05) is 31.2 Å². The maximum absolute atomic E-state index is 12.0. The van der Waals surface area contributed by atoms with Crippen molar-refractivity contribution in [3.05, 3.63) is 59.4 Å². The van der Waals surface area contributed by atoms with E-state index in [1.165, 1.54) is 6.20 Å². The van der Waals surface area contributed by atoms with Crippen molar-refractivity contribution in [2.75, 3.05) is 5.43 Å². The third kappa shape index (κ3) is 3.29. The normalized spacial score (nSPS) is 10.0. The van der Waals surface area contributed by atoms with Gasteiger partial charge < -0.3 is 10.7 Å². The van der Waals surface area contributed by atoms with Gasteiger partial charge in [0, 0.05) is 18.9 Å². The average Bonchev–Trinajstić information content (AvgIpc) is 2.45. The van der Waals surface area contributed by atoms with Crippen LogP contribution in [0.5, 0.6) is 0 Å². The van der Waals surface area contributed by atoms with Crippen LogP contribution in [0.4, 0.5) is 5.69 Å². The molecule has 0 radical (unpaired) electrons. The maximum atomic E-state index is 12.0. The smallest absolute Gasteiger partial charge is 0.255 e. The molecule has 0 aliphatic heterocycles. The SMILES string of the molecule is Cc1cccc(CNC(=O)c2cnccc2NN)c1. The number of hydrazine groups is 1. The van der Waals surface area contributed by atoms with Crippen LogP contribution in [-0.2, 0) is 6.54 Å². The molecule has 0 saturated carbocycles. The number of nitrogen functional groups attached to an aromatic ring is 1. The lowest BCUT2D eigenvalue weighted by molar-refractivity contribution is 0.0951. The highest BCUT2D eigenvalue weighted by Gasteiger charge is 2.10. The molecule has 1 amide bonds. The Bertz CT molecular complexity index is 583. The first-order chi connectivity index (χ1) is 9.20. The minimum Gasteiger partial charge on any atom is -0.348 e. The second kappa shape index (κ2) is 5.97. The molecule has 0 fully saturated rings. The fourth-order valence-electron chi connectivity index (χ4n) is 1.80. The largest absolute Gasteiger partial charge is 0.348 e. The first-order valence-electron chi connectivity index (χ1n) is 5.95. The van der Waals surface area contributed by atoms with Gasteiger partial charge in [-0.1, -0.05) is 29.8 Å². The third-order valence-electron chi connectivity index (χ3n) is 2.76. The molecule has 0 atom stereocenters. The summed E-state index contributed by atoms with van der Waals surface area (Å²) in [7, 11) is 0. The van der Waals surface area contributed by atoms with Crippen LogP contribution in [0, 0.1) is 6.92 Å². The molecule has 1 aromatic carbocycles. The zero-order chi connectivity index (χ0) is 13.7. The molecule has 2 rings (SSSR count). The summed E-state index contributed by atoms with van der Waals surface area (Å²) in [5.74, 6) is 5.15. The zero-order valence-electron chi connectivity index (χ0n) is 10.7. The number of anilines is 1. The number of carbonyl (C=O) groups is 1. The molecule has 2 aromatic rings. The van der Waals surface area contributed by atoms with Gasteiger partial charge in [-0.2, -0.15) is 0 Å². The van der Waals surface area contributed by atoms with E-state index in [-0.39, 0.29) is 5.91 Å². The Balaban J connectivity index is 2.05. The lowest BCUT2D eigenvalue weighted by Crippen LogP contribution is -2.25. The van der Waals surface area contributed by atoms with Crippen LogP contribution in [0.15, 0.2) is 42.7 Å². The number of nitrogens with two attached hydrogens (primary N) is 1. The van der Waals surface area contributed by atoms with Crippen LogP contribution in [0.1, 0.15) is 21.5 Å². The van der Waals surface area contributed by atoms with E-state index in [4.69, 9.17) is 5.84 Å². The van der Waals surface area contributed by atoms with E-state index in [9.17, 15) is 4.79 Å². The Labute approximate surface area is 111 Å². The molecule has 0 saturated heterocycles. The van der Waals surface area contributed by atoms with E-state index in [1.54, 1.807) is 12.3 Å². The molecule has 0 aliphatic carbocycles. The van der Waals surface area contributed by atoms with Crippen LogP contribution in [0.2, 0.25) is 0 Å². The molecule has 1 aromatic heterocycles. The van der Waals surface area contributed by atoms with Crippen molar-refractivity contribution in [3.63, 3.8) is 0 Å². The van der Waals surface area contributed by atoms with Gasteiger partial charge in [-0.25, -0.2) is 0 Å². The molecule has 0 spiro atoms. The van der Waals surface area contributed by atoms with Crippen LogP contribution in [0.25, 0.3) is 0 Å². The van der Waals surface area contributed by atoms with Gasteiger partial charge in [0.25, 0.3) is 5.91 Å². The van der Waals surface area contributed by atoms with Crippen molar-refractivity contribution in [3.8, 4) is 0 Å². The van der Waals surface area contributed by atoms with E-state index in [2.05, 4.69) is 15.7 Å². The molecule has 98 valence electrons. The summed E-state index contributed by atoms with van der Waals surface area (Å²) < 4.78 is 0. The van der Waals surface area contributed by atoms with Gasteiger partial charge in [-0.3, -0.25) is 15.6 Å². The van der Waals surface area contributed by atoms with Gasteiger partial charge in [-0.05, 0) is 18.6 Å². The third-order valence-corrected chi connectivity index (χ3v) is 2.76. The fraction of sp³-hybridized carbons (Fsp3) is 0.143. The number of hydrogen-bond donors (Lipinski definition) is 3. The summed E-state index contributed by atoms with van der Waals surface area (Å²) in [5, 5.41) is 2.84. The van der Waals surface area contributed by atoms with Crippen molar-refractivity contribution in [2.45, 2.75) is 13.5 Å². The van der Waals surface area contributed by atoms with Crippen LogP contribution in [-0.4, -0.2) is 10.9 Å². The summed E-state index contributed by atoms with van der Waals surface area (Å²) >= 11 is 0. The molecule has 0 aliphatic rings. The van der Waals surface area contributed by atoms with E-state index >= 15 is 0 Å². The van der Waals surface area contributed by atoms with E-state index < -0.39 is 0 Å². The van der Waals surface area contributed by atoms with Crippen molar-refractivity contribution in [2.24, 2.45) is 5.84 Å². The number of amides is 1. The Kier molecular flexibility index (Phi) is 4.10. The lowest BCUT2D eigenvalue weighted by atomic mass is 10.1. The number of carbonyl (C=O) groups excluding carboxylic acids is 1. The molecule has 4 N–H and O–H groups in total. The Morgan fingerprint density at radius 3 is 2.95 bits per heavy atom. The average molecular weight is 256 g/mol. The minimum absolute atomic E-state index is 0.206. The van der Waals surface area contributed by atoms with Crippen LogP contribution in [0.3, 0.4) is 0 Å². The quantitative estimate of drug-likeness (QED) is 0.573. The van der Waals surface area contributed by atoms with E-state index in [0.29, 0.717) is 17.8 Å². The highest BCUT2D eigenvalue weighted by Crippen LogP contribution is 2.12. The summed E-state index contributed by atoms with van der Waals surface area (Å²) in [5.41, 5.74) is 5.68. The van der Waals surface area contributed by atoms with Crippen molar-refractivity contribution in [1.29, 1.82) is 0 Å². The van der Waals surface area contributed by atoms with Crippen molar-refractivity contribution < 1.29 is 4.79 Å². The number of nitrogens with one attached hydrogen (secondary N) is 2. The summed E-state index contributed by atoms with van der Waals surface area (Å²) in [6.07, 6.45) is 3.06. The molecule has 0 unspecified atom stereocenters. The molecular weight excluding hydrogens is 240 g/mol. The standard InChI is InChI=1S/C14H16N4O/c1-10-3-2-4-11(7-10)8-17-14(19)12-9-16-6-5-13(12)18-15/h2-7,9H,8,15H2,1H3,(H,16,18)(H,17,19). The zero-order valence-corrected chi connectivity index (χ0v) is 10.7. The van der Waals surface area contributed by atoms with Gasteiger partial charge in [0.1, 0.15) is 0 Å². The first kappa shape index (κ1) is 13.0. The number of hydrogen-bond acceptors (Lipinski definition) is 4. The van der Waals surface area contributed by atoms with Crippen molar-refractivity contribution >= 4 is 11.6 Å². The molecule has 19 heavy (non-hydrogen) atoms. The summed E-state index contributed by atoms with van der Waals surface area (Å²) in [6, 6.07) is 9.64. The topological polar surface area (TPSA) is 80.0 Å². The minimum atomic E-state index is -0.206. The fourth-order valence-corrected chi connectivity index (χ4v) is 1.80. The number of pyridine rings is 1. The van der Waals surface area contributed by atoms with Gasteiger partial charge in [0.15, 0.2) is 0 Å². The van der Waals surface area contributed by atoms with Gasteiger partial charge >= 0.3 is 0 Å². The van der Waals surface area contributed by atoms with Crippen molar-refractivity contribution in [1.82, 2.24) is 10.3 Å². The molecular formula is C14H16N4O. The van der Waals surface area contributed by atoms with Crippen LogP contribution < -0.4 is 16.6 Å². The monoisotopic (exact) mass is 256 g/mol. The predicted molar refractivity (Wildman–Crippen MR) is 74.4 cm³/mol. The molecule has 1 heterocycles. The highest BCUT2D eigenvalue weighted by atomic mass is 16.1.